The van der Waals surface area contributed by atoms with Gasteiger partial charge in [-0.1, -0.05) is 36.8 Å². The zero-order valence-corrected chi connectivity index (χ0v) is 12.2. The predicted octanol–water partition coefficient (Wildman–Crippen LogP) is 2.45. The third kappa shape index (κ3) is 2.84. The highest BCUT2D eigenvalue weighted by molar-refractivity contribution is 5.81. The highest BCUT2D eigenvalue weighted by Gasteiger charge is 2.41. The smallest absolute Gasteiger partial charge is 0.308 e. The van der Waals surface area contributed by atoms with Crippen molar-refractivity contribution in [3.8, 4) is 0 Å². The summed E-state index contributed by atoms with van der Waals surface area (Å²) in [7, 11) is 0. The van der Waals surface area contributed by atoms with Crippen LogP contribution in [0.1, 0.15) is 31.4 Å². The summed E-state index contributed by atoms with van der Waals surface area (Å²) < 4.78 is 0. The van der Waals surface area contributed by atoms with Gasteiger partial charge in [-0.05, 0) is 25.3 Å². The number of benzene rings is 1. The molecule has 1 aromatic carbocycles. The van der Waals surface area contributed by atoms with Crippen molar-refractivity contribution in [1.29, 1.82) is 0 Å². The Labute approximate surface area is 119 Å². The number of aliphatic carboxylic acids is 1. The summed E-state index contributed by atoms with van der Waals surface area (Å²) >= 11 is 0. The maximum Gasteiger partial charge on any atom is 0.308 e. The van der Waals surface area contributed by atoms with Gasteiger partial charge < -0.3 is 10.0 Å². The summed E-state index contributed by atoms with van der Waals surface area (Å²) in [5, 5.41) is 9.36. The number of carboxylic acids is 1. The molecule has 0 spiro atoms. The van der Waals surface area contributed by atoms with E-state index in [1.165, 1.54) is 0 Å². The Morgan fingerprint density at radius 3 is 2.70 bits per heavy atom. The van der Waals surface area contributed by atoms with Gasteiger partial charge in [-0.15, -0.1) is 0 Å². The van der Waals surface area contributed by atoms with Gasteiger partial charge in [0.15, 0.2) is 0 Å². The number of hydrogen-bond acceptors (Lipinski definition) is 2. The second-order valence-electron chi connectivity index (χ2n) is 5.80. The van der Waals surface area contributed by atoms with Crippen molar-refractivity contribution in [3.05, 3.63) is 35.4 Å². The Bertz CT molecular complexity index is 526. The number of carbonyl (C=O) groups excluding carboxylic acids is 1. The Hall–Kier alpha value is -1.84. The highest BCUT2D eigenvalue weighted by Crippen LogP contribution is 2.31. The predicted molar refractivity (Wildman–Crippen MR) is 76.1 cm³/mol. The lowest BCUT2D eigenvalue weighted by atomic mass is 9.81. The fourth-order valence-corrected chi connectivity index (χ4v) is 3.11. The van der Waals surface area contributed by atoms with Crippen molar-refractivity contribution in [3.63, 3.8) is 0 Å². The molecule has 20 heavy (non-hydrogen) atoms. The van der Waals surface area contributed by atoms with E-state index in [-0.39, 0.29) is 17.9 Å². The fourth-order valence-electron chi connectivity index (χ4n) is 3.11. The van der Waals surface area contributed by atoms with Crippen LogP contribution in [-0.4, -0.2) is 27.9 Å². The van der Waals surface area contributed by atoms with E-state index in [1.54, 1.807) is 4.90 Å². The van der Waals surface area contributed by atoms with Gasteiger partial charge in [-0.3, -0.25) is 9.59 Å². The first kappa shape index (κ1) is 14.6. The third-order valence-corrected chi connectivity index (χ3v) is 4.16. The second kappa shape index (κ2) is 5.65. The van der Waals surface area contributed by atoms with Crippen LogP contribution < -0.4 is 0 Å². The van der Waals surface area contributed by atoms with E-state index in [9.17, 15) is 14.7 Å². The van der Waals surface area contributed by atoms with Crippen LogP contribution in [0.5, 0.6) is 0 Å². The lowest BCUT2D eigenvalue weighted by molar-refractivity contribution is -0.155. The molecular formula is C16H21NO3. The van der Waals surface area contributed by atoms with Gasteiger partial charge in [0.05, 0.1) is 5.92 Å². The SMILES string of the molecule is Cc1cccc(CN2C(=O)CC(C)C(C(=O)O)C2C)c1. The molecule has 1 heterocycles. The zero-order chi connectivity index (χ0) is 14.9. The number of hydrogen-bond donors (Lipinski definition) is 1. The van der Waals surface area contributed by atoms with E-state index in [0.29, 0.717) is 13.0 Å². The monoisotopic (exact) mass is 275 g/mol. The van der Waals surface area contributed by atoms with Crippen LogP contribution in [0.15, 0.2) is 24.3 Å². The molecule has 2 rings (SSSR count). The molecule has 0 aliphatic carbocycles. The standard InChI is InChI=1S/C16H21NO3/c1-10-5-4-6-13(7-10)9-17-12(3)15(16(19)20)11(2)8-14(17)18/h4-7,11-12,15H,8-9H2,1-3H3,(H,19,20). The Balaban J connectivity index is 2.21. The lowest BCUT2D eigenvalue weighted by Crippen LogP contribution is -2.52. The molecule has 0 radical (unpaired) electrons. The maximum atomic E-state index is 12.2. The van der Waals surface area contributed by atoms with Crippen LogP contribution >= 0.6 is 0 Å². The number of amides is 1. The molecule has 4 heteroatoms. The first-order valence-corrected chi connectivity index (χ1v) is 6.98. The summed E-state index contributed by atoms with van der Waals surface area (Å²) in [6.45, 7) is 6.17. The van der Waals surface area contributed by atoms with Crippen LogP contribution in [-0.2, 0) is 16.1 Å². The molecule has 1 aromatic rings. The number of carbonyl (C=O) groups is 2. The van der Waals surface area contributed by atoms with Crippen LogP contribution in [0.4, 0.5) is 0 Å². The average Bonchev–Trinajstić information content (AvgIpc) is 2.33. The van der Waals surface area contributed by atoms with Crippen LogP contribution in [0, 0.1) is 18.8 Å². The first-order chi connectivity index (χ1) is 9.40. The molecule has 3 unspecified atom stereocenters. The third-order valence-electron chi connectivity index (χ3n) is 4.16. The van der Waals surface area contributed by atoms with Crippen molar-refractivity contribution >= 4 is 11.9 Å². The van der Waals surface area contributed by atoms with Crippen molar-refractivity contribution in [2.24, 2.45) is 11.8 Å². The number of nitrogens with zero attached hydrogens (tertiary/aromatic N) is 1. The topological polar surface area (TPSA) is 57.6 Å². The van der Waals surface area contributed by atoms with Crippen molar-refractivity contribution in [2.75, 3.05) is 0 Å². The van der Waals surface area contributed by atoms with Crippen LogP contribution in [0.2, 0.25) is 0 Å². The number of carboxylic acid groups (broad SMARTS) is 1. The summed E-state index contributed by atoms with van der Waals surface area (Å²) in [6.07, 6.45) is 0.313. The quantitative estimate of drug-likeness (QED) is 0.921. The molecule has 0 saturated carbocycles. The first-order valence-electron chi connectivity index (χ1n) is 6.98. The van der Waals surface area contributed by atoms with Crippen LogP contribution in [0.3, 0.4) is 0 Å². The second-order valence-corrected chi connectivity index (χ2v) is 5.80. The van der Waals surface area contributed by atoms with Crippen LogP contribution in [0.25, 0.3) is 0 Å². The molecule has 1 amide bonds. The van der Waals surface area contributed by atoms with E-state index in [4.69, 9.17) is 0 Å². The van der Waals surface area contributed by atoms with Gasteiger partial charge in [0.25, 0.3) is 0 Å². The van der Waals surface area contributed by atoms with E-state index in [1.807, 2.05) is 45.0 Å². The molecule has 0 aromatic heterocycles. The Morgan fingerprint density at radius 2 is 2.10 bits per heavy atom. The highest BCUT2D eigenvalue weighted by atomic mass is 16.4. The number of likely N-dealkylation sites (tertiary alicyclic amines) is 1. The molecular weight excluding hydrogens is 254 g/mol. The van der Waals surface area contributed by atoms with Crippen molar-refractivity contribution in [2.45, 2.75) is 39.8 Å². The van der Waals surface area contributed by atoms with Gasteiger partial charge in [0.1, 0.15) is 0 Å². The molecule has 4 nitrogen and oxygen atoms in total. The molecule has 108 valence electrons. The Morgan fingerprint density at radius 1 is 1.40 bits per heavy atom. The number of aryl methyl sites for hydroxylation is 1. The van der Waals surface area contributed by atoms with E-state index in [2.05, 4.69) is 0 Å². The molecule has 1 saturated heterocycles. The van der Waals surface area contributed by atoms with E-state index >= 15 is 0 Å². The average molecular weight is 275 g/mol. The van der Waals surface area contributed by atoms with Crippen molar-refractivity contribution < 1.29 is 14.7 Å². The Kier molecular flexibility index (Phi) is 4.12. The maximum absolute atomic E-state index is 12.2. The summed E-state index contributed by atoms with van der Waals surface area (Å²) in [5.41, 5.74) is 2.19. The lowest BCUT2D eigenvalue weighted by Gasteiger charge is -2.40. The zero-order valence-electron chi connectivity index (χ0n) is 12.2. The van der Waals surface area contributed by atoms with Gasteiger partial charge in [-0.2, -0.15) is 0 Å². The fraction of sp³-hybridized carbons (Fsp3) is 0.500. The summed E-state index contributed by atoms with van der Waals surface area (Å²) in [4.78, 5) is 25.3. The molecule has 1 aliphatic rings. The number of piperidine rings is 1. The van der Waals surface area contributed by atoms with Gasteiger partial charge in [0, 0.05) is 19.0 Å². The minimum atomic E-state index is -0.813. The van der Waals surface area contributed by atoms with Crippen molar-refractivity contribution in [1.82, 2.24) is 4.90 Å². The van der Waals surface area contributed by atoms with Gasteiger partial charge in [-0.25, -0.2) is 0 Å². The summed E-state index contributed by atoms with van der Waals surface area (Å²) in [6, 6.07) is 7.70. The summed E-state index contributed by atoms with van der Waals surface area (Å²) in [5.74, 6) is -1.36. The molecule has 1 fully saturated rings. The largest absolute Gasteiger partial charge is 0.481 e. The molecule has 1 aliphatic heterocycles. The van der Waals surface area contributed by atoms with Gasteiger partial charge >= 0.3 is 5.97 Å². The van der Waals surface area contributed by atoms with Gasteiger partial charge in [0.2, 0.25) is 5.91 Å². The molecule has 3 atom stereocenters. The minimum absolute atomic E-state index is 0.0454. The molecule has 0 bridgehead atoms. The van der Waals surface area contributed by atoms with E-state index < -0.39 is 11.9 Å². The minimum Gasteiger partial charge on any atom is -0.481 e. The van der Waals surface area contributed by atoms with E-state index in [0.717, 1.165) is 11.1 Å². The normalized spacial score (nSPS) is 26.6. The molecule has 1 N–H and O–H groups in total. The number of rotatable bonds is 3.